The molecule has 39 heavy (non-hydrogen) atoms. The number of hydrogen-bond donors (Lipinski definition) is 3. The second kappa shape index (κ2) is 9.32. The van der Waals surface area contributed by atoms with E-state index in [1.54, 1.807) is 25.7 Å². The van der Waals surface area contributed by atoms with E-state index in [1.165, 1.54) is 0 Å². The molecule has 1 aromatic carbocycles. The van der Waals surface area contributed by atoms with Crippen LogP contribution in [0.1, 0.15) is 19.3 Å². The van der Waals surface area contributed by atoms with E-state index < -0.39 is 0 Å². The number of hydrogen-bond acceptors (Lipinski definition) is 7. The smallest absolute Gasteiger partial charge is 0.227 e. The molecule has 1 saturated carbocycles. The van der Waals surface area contributed by atoms with Gasteiger partial charge in [-0.3, -0.25) is 14.9 Å². The molecule has 1 aliphatic carbocycles. The van der Waals surface area contributed by atoms with Crippen molar-refractivity contribution < 1.29 is 9.53 Å². The number of carbonyl (C=O) groups is 1. The monoisotopic (exact) mass is 516 g/mol. The minimum atomic E-state index is 0.0487. The average molecular weight is 517 g/mol. The van der Waals surface area contributed by atoms with Gasteiger partial charge in [0.05, 0.1) is 30.2 Å². The maximum atomic E-state index is 12.4. The number of anilines is 1. The predicted octanol–water partition coefficient (Wildman–Crippen LogP) is 5.37. The molecule has 0 atom stereocenters. The molecule has 7 rings (SSSR count). The van der Waals surface area contributed by atoms with E-state index in [9.17, 15) is 4.79 Å². The summed E-state index contributed by atoms with van der Waals surface area (Å²) in [5.41, 5.74) is 7.48. The quantitative estimate of drug-likeness (QED) is 0.271. The average Bonchev–Trinajstić information content (AvgIpc) is 3.56. The molecular formula is C29H24N8O2. The van der Waals surface area contributed by atoms with Crippen LogP contribution in [0.15, 0.2) is 67.1 Å². The van der Waals surface area contributed by atoms with Crippen LogP contribution in [-0.2, 0) is 4.79 Å². The minimum Gasteiger partial charge on any atom is -0.497 e. The van der Waals surface area contributed by atoms with Crippen molar-refractivity contribution in [2.75, 3.05) is 12.4 Å². The van der Waals surface area contributed by atoms with Gasteiger partial charge in [0.25, 0.3) is 0 Å². The highest BCUT2D eigenvalue weighted by molar-refractivity contribution is 5.96. The number of nitrogens with zero attached hydrogens (tertiary/aromatic N) is 5. The summed E-state index contributed by atoms with van der Waals surface area (Å²) in [6.45, 7) is 0. The van der Waals surface area contributed by atoms with Crippen molar-refractivity contribution in [3.05, 3.63) is 67.1 Å². The van der Waals surface area contributed by atoms with E-state index in [-0.39, 0.29) is 11.8 Å². The van der Waals surface area contributed by atoms with Crippen molar-refractivity contribution >= 4 is 33.8 Å². The fraction of sp³-hybridized carbons (Fsp3) is 0.172. The van der Waals surface area contributed by atoms with Gasteiger partial charge < -0.3 is 15.0 Å². The van der Waals surface area contributed by atoms with Crippen molar-refractivity contribution in [2.45, 2.75) is 19.3 Å². The fourth-order valence-electron chi connectivity index (χ4n) is 4.83. The van der Waals surface area contributed by atoms with Gasteiger partial charge in [-0.25, -0.2) is 15.0 Å². The Kier molecular flexibility index (Phi) is 5.50. The lowest BCUT2D eigenvalue weighted by Crippen LogP contribution is -2.28. The molecule has 5 aromatic heterocycles. The van der Waals surface area contributed by atoms with Gasteiger partial charge in [0.1, 0.15) is 16.8 Å². The second-order valence-corrected chi connectivity index (χ2v) is 9.62. The van der Waals surface area contributed by atoms with E-state index in [0.29, 0.717) is 34.1 Å². The molecule has 0 aliphatic heterocycles. The Morgan fingerprint density at radius 3 is 2.79 bits per heavy atom. The highest BCUT2D eigenvalue weighted by Crippen LogP contribution is 2.33. The Morgan fingerprint density at radius 2 is 1.95 bits per heavy atom. The van der Waals surface area contributed by atoms with Gasteiger partial charge >= 0.3 is 0 Å². The van der Waals surface area contributed by atoms with E-state index >= 15 is 0 Å². The van der Waals surface area contributed by atoms with Crippen LogP contribution in [0.25, 0.3) is 56.1 Å². The number of rotatable bonds is 6. The zero-order valence-electron chi connectivity index (χ0n) is 21.1. The topological polar surface area (TPSA) is 134 Å². The Morgan fingerprint density at radius 1 is 1.03 bits per heavy atom. The number of fused-ring (bicyclic) bond motifs is 2. The lowest BCUT2D eigenvalue weighted by Gasteiger charge is -2.24. The van der Waals surface area contributed by atoms with E-state index in [0.717, 1.165) is 52.7 Å². The number of ether oxygens (including phenoxy) is 1. The maximum Gasteiger partial charge on any atom is 0.227 e. The van der Waals surface area contributed by atoms with Gasteiger partial charge in [0.2, 0.25) is 5.91 Å². The zero-order valence-corrected chi connectivity index (χ0v) is 21.1. The molecule has 0 radical (unpaired) electrons. The molecule has 5 heterocycles. The number of aromatic nitrogens is 7. The summed E-state index contributed by atoms with van der Waals surface area (Å²) in [6.07, 6.45) is 8.14. The van der Waals surface area contributed by atoms with Crippen LogP contribution in [0.5, 0.6) is 5.75 Å². The third kappa shape index (κ3) is 4.15. The third-order valence-electron chi connectivity index (χ3n) is 7.17. The van der Waals surface area contributed by atoms with Gasteiger partial charge in [-0.15, -0.1) is 0 Å². The number of aromatic amines is 2. The zero-order chi connectivity index (χ0) is 26.3. The molecule has 0 bridgehead atoms. The molecule has 0 spiro atoms. The summed E-state index contributed by atoms with van der Waals surface area (Å²) in [5.74, 6) is 1.47. The maximum absolute atomic E-state index is 12.4. The summed E-state index contributed by atoms with van der Waals surface area (Å²) in [5, 5.41) is 10.6. The summed E-state index contributed by atoms with van der Waals surface area (Å²) >= 11 is 0. The van der Waals surface area contributed by atoms with Crippen molar-refractivity contribution in [2.24, 2.45) is 5.92 Å². The highest BCUT2D eigenvalue weighted by atomic mass is 16.5. The number of H-pyrrole nitrogens is 2. The number of amides is 1. The number of methoxy groups -OCH3 is 1. The molecule has 192 valence electrons. The van der Waals surface area contributed by atoms with Gasteiger partial charge in [-0.05, 0) is 54.8 Å². The standard InChI is InChI=1S/C29H24N8O2/c1-39-20-7-3-6-17(13-20)21-10-11-31-27-24(21)34-28(35-27)26-25-23(36-37-26)9-8-22(33-25)18-12-19(15-30-14-18)32-29(38)16-4-2-5-16/h3,6-16H,2,4-5H2,1H3,(H,32,38)(H,36,37)(H,31,34,35). The first-order chi connectivity index (χ1) is 19.2. The number of carbonyl (C=O) groups excluding carboxylic acids is 1. The van der Waals surface area contributed by atoms with Crippen LogP contribution >= 0.6 is 0 Å². The van der Waals surface area contributed by atoms with Gasteiger partial charge in [-0.1, -0.05) is 18.6 Å². The van der Waals surface area contributed by atoms with Gasteiger partial charge in [0.15, 0.2) is 17.2 Å². The lowest BCUT2D eigenvalue weighted by molar-refractivity contribution is -0.122. The van der Waals surface area contributed by atoms with Crippen LogP contribution < -0.4 is 10.1 Å². The molecule has 10 nitrogen and oxygen atoms in total. The van der Waals surface area contributed by atoms with Crippen molar-refractivity contribution in [3.8, 4) is 39.7 Å². The van der Waals surface area contributed by atoms with Crippen LogP contribution in [0.4, 0.5) is 5.69 Å². The molecule has 0 unspecified atom stereocenters. The molecule has 6 aromatic rings. The first kappa shape index (κ1) is 23.0. The Balaban J connectivity index is 1.26. The summed E-state index contributed by atoms with van der Waals surface area (Å²) < 4.78 is 5.40. The van der Waals surface area contributed by atoms with Crippen LogP contribution in [0.2, 0.25) is 0 Å². The Hall–Kier alpha value is -5.12. The van der Waals surface area contributed by atoms with Gasteiger partial charge in [-0.2, -0.15) is 5.10 Å². The SMILES string of the molecule is COc1cccc(-c2ccnc3[nH]c(-c4n[nH]c5ccc(-c6cncc(NC(=O)C7CCC7)c6)nc45)nc23)c1. The van der Waals surface area contributed by atoms with E-state index in [1.807, 2.05) is 48.5 Å². The highest BCUT2D eigenvalue weighted by Gasteiger charge is 2.25. The van der Waals surface area contributed by atoms with Crippen molar-refractivity contribution in [1.29, 1.82) is 0 Å². The number of nitrogens with one attached hydrogen (secondary N) is 3. The summed E-state index contributed by atoms with van der Waals surface area (Å²) in [4.78, 5) is 34.3. The summed E-state index contributed by atoms with van der Waals surface area (Å²) in [6, 6.07) is 15.5. The molecule has 0 saturated heterocycles. The molecule has 1 fully saturated rings. The van der Waals surface area contributed by atoms with Crippen LogP contribution in [0, 0.1) is 5.92 Å². The second-order valence-electron chi connectivity index (χ2n) is 9.62. The predicted molar refractivity (Wildman–Crippen MR) is 148 cm³/mol. The number of imidazole rings is 1. The molecule has 1 amide bonds. The molecule has 1 aliphatic rings. The Bertz CT molecular complexity index is 1850. The largest absolute Gasteiger partial charge is 0.497 e. The lowest BCUT2D eigenvalue weighted by atomic mass is 9.85. The van der Waals surface area contributed by atoms with E-state index in [4.69, 9.17) is 14.7 Å². The van der Waals surface area contributed by atoms with E-state index in [2.05, 4.69) is 30.5 Å². The first-order valence-electron chi connectivity index (χ1n) is 12.8. The first-order valence-corrected chi connectivity index (χ1v) is 12.8. The molecule has 3 N–H and O–H groups in total. The summed E-state index contributed by atoms with van der Waals surface area (Å²) in [7, 11) is 1.65. The molecule has 10 heteroatoms. The van der Waals surface area contributed by atoms with Crippen molar-refractivity contribution in [3.63, 3.8) is 0 Å². The van der Waals surface area contributed by atoms with Crippen LogP contribution in [0.3, 0.4) is 0 Å². The third-order valence-corrected chi connectivity index (χ3v) is 7.17. The number of pyridine rings is 3. The number of benzene rings is 1. The van der Waals surface area contributed by atoms with Crippen LogP contribution in [-0.4, -0.2) is 48.1 Å². The van der Waals surface area contributed by atoms with Crippen molar-refractivity contribution in [1.82, 2.24) is 35.1 Å². The minimum absolute atomic E-state index is 0.0487. The molecular weight excluding hydrogens is 492 g/mol. The Labute approximate surface area is 222 Å². The normalized spacial score (nSPS) is 13.5. The van der Waals surface area contributed by atoms with Gasteiger partial charge in [0, 0.05) is 29.4 Å². The fourth-order valence-corrected chi connectivity index (χ4v) is 4.83.